The lowest BCUT2D eigenvalue weighted by atomic mass is 10.1. The van der Waals surface area contributed by atoms with E-state index in [0.717, 1.165) is 5.56 Å². The van der Waals surface area contributed by atoms with Gasteiger partial charge in [-0.25, -0.2) is 4.39 Å². The van der Waals surface area contributed by atoms with E-state index in [9.17, 15) is 9.50 Å². The molecule has 0 spiro atoms. The zero-order chi connectivity index (χ0) is 10.0. The summed E-state index contributed by atoms with van der Waals surface area (Å²) in [6.07, 6.45) is -1.04. The Balaban J connectivity index is 3.01. The molecule has 0 amide bonds. The molecule has 1 rings (SSSR count). The average Bonchev–Trinajstić information content (AvgIpc) is 2.01. The summed E-state index contributed by atoms with van der Waals surface area (Å²) in [5.74, 6) is -0.400. The topological polar surface area (TPSA) is 20.2 Å². The Hall–Kier alpha value is -0.310. The van der Waals surface area contributed by atoms with E-state index in [2.05, 4.69) is 0 Å². The summed E-state index contributed by atoms with van der Waals surface area (Å²) in [6, 6.07) is 4.23. The summed E-state index contributed by atoms with van der Waals surface area (Å²) in [5, 5.41) is 9.42. The number of hydrogen-bond acceptors (Lipinski definition) is 1. The molecular formula is C9H9Cl2FO. The predicted octanol–water partition coefficient (Wildman–Crippen LogP) is 2.97. The van der Waals surface area contributed by atoms with Crippen molar-refractivity contribution in [3.05, 3.63) is 35.1 Å². The van der Waals surface area contributed by atoms with Crippen molar-refractivity contribution < 1.29 is 9.50 Å². The van der Waals surface area contributed by atoms with Gasteiger partial charge in [-0.3, -0.25) is 0 Å². The largest absolute Gasteiger partial charge is 0.386 e. The Morgan fingerprint density at radius 2 is 1.92 bits per heavy atom. The fraction of sp³-hybridized carbons (Fsp3) is 0.333. The minimum Gasteiger partial charge on any atom is -0.386 e. The van der Waals surface area contributed by atoms with Gasteiger partial charge in [-0.15, -0.1) is 23.2 Å². The highest BCUT2D eigenvalue weighted by atomic mass is 35.5. The Bertz CT molecular complexity index is 281. The molecule has 1 aromatic carbocycles. The molecule has 13 heavy (non-hydrogen) atoms. The lowest BCUT2D eigenvalue weighted by Gasteiger charge is -2.12. The van der Waals surface area contributed by atoms with Gasteiger partial charge in [0.25, 0.3) is 0 Å². The monoisotopic (exact) mass is 222 g/mol. The number of halogens is 3. The van der Waals surface area contributed by atoms with Crippen LogP contribution in [-0.4, -0.2) is 9.94 Å². The first-order valence-electron chi connectivity index (χ1n) is 3.74. The van der Waals surface area contributed by atoms with Gasteiger partial charge in [0.2, 0.25) is 0 Å². The first-order chi connectivity index (χ1) is 6.00. The van der Waals surface area contributed by atoms with Crippen molar-refractivity contribution in [2.45, 2.75) is 17.9 Å². The van der Waals surface area contributed by atoms with Crippen LogP contribution in [0.1, 0.15) is 17.2 Å². The second-order valence-corrected chi connectivity index (χ2v) is 4.00. The molecule has 1 N–H and O–H groups in total. The van der Waals surface area contributed by atoms with Crippen molar-refractivity contribution in [3.63, 3.8) is 0 Å². The average molecular weight is 223 g/mol. The van der Waals surface area contributed by atoms with Crippen LogP contribution in [-0.2, 0) is 0 Å². The molecule has 1 atom stereocenters. The van der Waals surface area contributed by atoms with Crippen molar-refractivity contribution in [2.75, 3.05) is 0 Å². The number of aliphatic hydroxyl groups is 1. The van der Waals surface area contributed by atoms with Gasteiger partial charge >= 0.3 is 0 Å². The summed E-state index contributed by atoms with van der Waals surface area (Å²) in [7, 11) is 0. The quantitative estimate of drug-likeness (QED) is 0.764. The van der Waals surface area contributed by atoms with Crippen LogP contribution in [0, 0.1) is 12.7 Å². The second-order valence-electron chi connectivity index (χ2n) is 2.84. The second kappa shape index (κ2) is 4.27. The van der Waals surface area contributed by atoms with E-state index < -0.39 is 16.8 Å². The smallest absolute Gasteiger partial charge is 0.137 e. The highest BCUT2D eigenvalue weighted by Gasteiger charge is 2.16. The van der Waals surface area contributed by atoms with Gasteiger partial charge in [-0.2, -0.15) is 0 Å². The van der Waals surface area contributed by atoms with Crippen LogP contribution in [0.15, 0.2) is 18.2 Å². The fourth-order valence-corrected chi connectivity index (χ4v) is 1.37. The summed E-state index contributed by atoms with van der Waals surface area (Å²) in [5.41, 5.74) is 1.12. The molecule has 0 fully saturated rings. The van der Waals surface area contributed by atoms with Gasteiger partial charge in [-0.1, -0.05) is 6.07 Å². The van der Waals surface area contributed by atoms with Gasteiger partial charge < -0.3 is 5.11 Å². The number of aliphatic hydroxyl groups excluding tert-OH is 1. The third-order valence-corrected chi connectivity index (χ3v) is 2.12. The number of alkyl halides is 2. The number of rotatable bonds is 2. The molecule has 72 valence electrons. The number of aryl methyl sites for hydroxylation is 1. The molecule has 4 heteroatoms. The first kappa shape index (κ1) is 10.8. The molecule has 0 aliphatic heterocycles. The first-order valence-corrected chi connectivity index (χ1v) is 4.61. The Kier molecular flexibility index (Phi) is 3.54. The maximum atomic E-state index is 12.9. The Morgan fingerprint density at radius 1 is 1.31 bits per heavy atom. The van der Waals surface area contributed by atoms with Crippen molar-refractivity contribution in [1.29, 1.82) is 0 Å². The zero-order valence-electron chi connectivity index (χ0n) is 6.97. The van der Waals surface area contributed by atoms with E-state index in [1.165, 1.54) is 12.1 Å². The molecule has 0 heterocycles. The van der Waals surface area contributed by atoms with Crippen molar-refractivity contribution in [3.8, 4) is 0 Å². The van der Waals surface area contributed by atoms with Crippen molar-refractivity contribution in [2.24, 2.45) is 0 Å². The van der Waals surface area contributed by atoms with Gasteiger partial charge in [0, 0.05) is 0 Å². The summed E-state index contributed by atoms with van der Waals surface area (Å²) in [4.78, 5) is -0.943. The maximum Gasteiger partial charge on any atom is 0.137 e. The van der Waals surface area contributed by atoms with E-state index in [0.29, 0.717) is 5.56 Å². The van der Waals surface area contributed by atoms with E-state index in [1.807, 2.05) is 0 Å². The number of hydrogen-bond donors (Lipinski definition) is 1. The van der Waals surface area contributed by atoms with Crippen LogP contribution in [0.25, 0.3) is 0 Å². The molecular weight excluding hydrogens is 214 g/mol. The molecule has 1 unspecified atom stereocenters. The summed E-state index contributed by atoms with van der Waals surface area (Å²) < 4.78 is 12.9. The molecule has 1 nitrogen and oxygen atoms in total. The van der Waals surface area contributed by atoms with Crippen LogP contribution in [0.4, 0.5) is 4.39 Å². The van der Waals surface area contributed by atoms with E-state index >= 15 is 0 Å². The summed E-state index contributed by atoms with van der Waals surface area (Å²) in [6.45, 7) is 1.73. The van der Waals surface area contributed by atoms with Crippen LogP contribution >= 0.6 is 23.2 Å². The third kappa shape index (κ3) is 2.83. The summed E-state index contributed by atoms with van der Waals surface area (Å²) >= 11 is 10.9. The lowest BCUT2D eigenvalue weighted by Crippen LogP contribution is -2.06. The predicted molar refractivity (Wildman–Crippen MR) is 51.6 cm³/mol. The molecule has 0 radical (unpaired) electrons. The van der Waals surface area contributed by atoms with Crippen LogP contribution in [0.2, 0.25) is 0 Å². The van der Waals surface area contributed by atoms with E-state index in [4.69, 9.17) is 23.2 Å². The molecule has 0 aliphatic carbocycles. The van der Waals surface area contributed by atoms with Gasteiger partial charge in [0.1, 0.15) is 16.8 Å². The van der Waals surface area contributed by atoms with Gasteiger partial charge in [0.15, 0.2) is 0 Å². The van der Waals surface area contributed by atoms with Crippen LogP contribution < -0.4 is 0 Å². The molecule has 0 aliphatic rings. The highest BCUT2D eigenvalue weighted by Crippen LogP contribution is 2.25. The van der Waals surface area contributed by atoms with Crippen LogP contribution in [0.3, 0.4) is 0 Å². The highest BCUT2D eigenvalue weighted by molar-refractivity contribution is 6.44. The van der Waals surface area contributed by atoms with Crippen molar-refractivity contribution >= 4 is 23.2 Å². The van der Waals surface area contributed by atoms with E-state index in [-0.39, 0.29) is 0 Å². The molecule has 0 saturated heterocycles. The standard InChI is InChI=1S/C9H9Cl2FO/c1-5-2-6(4-7(12)3-5)8(13)9(10)11/h2-4,8-9,13H,1H3. The lowest BCUT2D eigenvalue weighted by molar-refractivity contribution is 0.192. The van der Waals surface area contributed by atoms with Crippen LogP contribution in [0.5, 0.6) is 0 Å². The maximum absolute atomic E-state index is 12.9. The third-order valence-electron chi connectivity index (χ3n) is 1.64. The van der Waals surface area contributed by atoms with Gasteiger partial charge in [0.05, 0.1) is 0 Å². The minimum atomic E-state index is -1.04. The fourth-order valence-electron chi connectivity index (χ4n) is 1.08. The molecule has 0 aromatic heterocycles. The zero-order valence-corrected chi connectivity index (χ0v) is 8.48. The van der Waals surface area contributed by atoms with Crippen molar-refractivity contribution in [1.82, 2.24) is 0 Å². The SMILES string of the molecule is Cc1cc(F)cc(C(O)C(Cl)Cl)c1. The Labute approximate surface area is 86.1 Å². The minimum absolute atomic E-state index is 0.396. The molecule has 0 bridgehead atoms. The van der Waals surface area contributed by atoms with E-state index in [1.54, 1.807) is 13.0 Å². The normalized spacial score (nSPS) is 13.4. The molecule has 0 saturated carbocycles. The number of benzene rings is 1. The Morgan fingerprint density at radius 3 is 2.38 bits per heavy atom. The van der Waals surface area contributed by atoms with Gasteiger partial charge in [-0.05, 0) is 30.2 Å². The molecule has 1 aromatic rings.